The molecule has 3 rings (SSSR count). The van der Waals surface area contributed by atoms with Crippen LogP contribution in [0.4, 0.5) is 0 Å². The second-order valence-electron chi connectivity index (χ2n) is 7.07. The van der Waals surface area contributed by atoms with Gasteiger partial charge in [0.05, 0.1) is 0 Å². The number of nitrogens with zero attached hydrogens (tertiary/aromatic N) is 2. The number of nitrogens with two attached hydrogens (primary N) is 1. The van der Waals surface area contributed by atoms with Crippen molar-refractivity contribution in [3.8, 4) is 0 Å². The van der Waals surface area contributed by atoms with Crippen LogP contribution in [0.15, 0.2) is 0 Å². The number of likely N-dealkylation sites (tertiary alicyclic amines) is 2. The third-order valence-corrected chi connectivity index (χ3v) is 5.90. The van der Waals surface area contributed by atoms with Crippen molar-refractivity contribution >= 4 is 0 Å². The zero-order valence-corrected chi connectivity index (χ0v) is 12.6. The average Bonchev–Trinajstić information content (AvgIpc) is 3.24. The lowest BCUT2D eigenvalue weighted by Crippen LogP contribution is -2.56. The van der Waals surface area contributed by atoms with E-state index < -0.39 is 0 Å². The van der Waals surface area contributed by atoms with Crippen LogP contribution < -0.4 is 5.73 Å². The highest BCUT2D eigenvalue weighted by Crippen LogP contribution is 2.37. The predicted octanol–water partition coefficient (Wildman–Crippen LogP) is 2.06. The monoisotopic (exact) mass is 265 g/mol. The first-order valence-electron chi connectivity index (χ1n) is 8.46. The summed E-state index contributed by atoms with van der Waals surface area (Å²) in [7, 11) is 0. The van der Waals surface area contributed by atoms with E-state index in [1.54, 1.807) is 0 Å². The summed E-state index contributed by atoms with van der Waals surface area (Å²) in [5.74, 6) is 0.959. The minimum atomic E-state index is 0.311. The molecule has 2 unspecified atom stereocenters. The van der Waals surface area contributed by atoms with Crippen LogP contribution in [0.25, 0.3) is 0 Å². The Labute approximate surface area is 118 Å². The maximum atomic E-state index is 6.23. The van der Waals surface area contributed by atoms with Gasteiger partial charge in [-0.1, -0.05) is 13.3 Å². The van der Waals surface area contributed by atoms with Crippen molar-refractivity contribution < 1.29 is 0 Å². The topological polar surface area (TPSA) is 32.5 Å². The largest absolute Gasteiger partial charge is 0.329 e. The molecule has 0 aromatic carbocycles. The van der Waals surface area contributed by atoms with Crippen molar-refractivity contribution in [1.29, 1.82) is 0 Å². The molecule has 0 spiro atoms. The predicted molar refractivity (Wildman–Crippen MR) is 80.2 cm³/mol. The molecule has 2 atom stereocenters. The molecule has 3 heteroatoms. The maximum Gasteiger partial charge on any atom is 0.0470 e. The molecular weight excluding hydrogens is 234 g/mol. The molecule has 2 heterocycles. The smallest absolute Gasteiger partial charge is 0.0470 e. The van der Waals surface area contributed by atoms with Crippen LogP contribution in [-0.4, -0.2) is 54.1 Å². The third kappa shape index (κ3) is 2.84. The summed E-state index contributed by atoms with van der Waals surface area (Å²) in [5.41, 5.74) is 6.54. The summed E-state index contributed by atoms with van der Waals surface area (Å²) < 4.78 is 0. The van der Waals surface area contributed by atoms with Gasteiger partial charge in [-0.15, -0.1) is 0 Å². The fraction of sp³-hybridized carbons (Fsp3) is 1.00. The molecule has 110 valence electrons. The van der Waals surface area contributed by atoms with E-state index in [9.17, 15) is 0 Å². The van der Waals surface area contributed by atoms with Crippen LogP contribution in [0.2, 0.25) is 0 Å². The van der Waals surface area contributed by atoms with Crippen LogP contribution in [0, 0.1) is 5.92 Å². The van der Waals surface area contributed by atoms with E-state index in [2.05, 4.69) is 16.7 Å². The fourth-order valence-corrected chi connectivity index (χ4v) is 4.24. The van der Waals surface area contributed by atoms with Crippen molar-refractivity contribution in [2.75, 3.05) is 32.7 Å². The van der Waals surface area contributed by atoms with Crippen molar-refractivity contribution in [3.05, 3.63) is 0 Å². The Balaban J connectivity index is 1.64. The molecule has 3 aliphatic rings. The summed E-state index contributed by atoms with van der Waals surface area (Å²) in [6.45, 7) is 8.30. The third-order valence-electron chi connectivity index (χ3n) is 5.90. The Hall–Kier alpha value is -0.120. The Kier molecular flexibility index (Phi) is 4.16. The molecule has 2 saturated heterocycles. The quantitative estimate of drug-likeness (QED) is 0.844. The highest BCUT2D eigenvalue weighted by Gasteiger charge is 2.45. The minimum Gasteiger partial charge on any atom is -0.329 e. The highest BCUT2D eigenvalue weighted by atomic mass is 15.3. The summed E-state index contributed by atoms with van der Waals surface area (Å²) in [6, 6.07) is 0.906. The maximum absolute atomic E-state index is 6.23. The lowest BCUT2D eigenvalue weighted by Gasteiger charge is -2.40. The Morgan fingerprint density at radius 2 is 1.95 bits per heavy atom. The molecule has 0 aromatic heterocycles. The summed E-state index contributed by atoms with van der Waals surface area (Å²) in [4.78, 5) is 5.49. The van der Waals surface area contributed by atoms with E-state index in [0.717, 1.165) is 18.5 Å². The van der Waals surface area contributed by atoms with E-state index in [-0.39, 0.29) is 0 Å². The van der Waals surface area contributed by atoms with Crippen LogP contribution in [0.1, 0.15) is 51.9 Å². The normalized spacial score (nSPS) is 38.5. The molecule has 19 heavy (non-hydrogen) atoms. The van der Waals surface area contributed by atoms with Crippen LogP contribution in [0.3, 0.4) is 0 Å². The van der Waals surface area contributed by atoms with Gasteiger partial charge in [-0.3, -0.25) is 9.80 Å². The molecule has 1 aliphatic carbocycles. The molecule has 0 aromatic rings. The molecule has 0 amide bonds. The van der Waals surface area contributed by atoms with Gasteiger partial charge in [0.1, 0.15) is 0 Å². The molecule has 2 aliphatic heterocycles. The summed E-state index contributed by atoms with van der Waals surface area (Å²) >= 11 is 0. The van der Waals surface area contributed by atoms with Crippen molar-refractivity contribution in [2.24, 2.45) is 11.7 Å². The fourth-order valence-electron chi connectivity index (χ4n) is 4.24. The lowest BCUT2D eigenvalue weighted by molar-refractivity contribution is 0.100. The van der Waals surface area contributed by atoms with E-state index in [1.165, 1.54) is 71.1 Å². The first kappa shape index (κ1) is 13.8. The van der Waals surface area contributed by atoms with Crippen LogP contribution >= 0.6 is 0 Å². The van der Waals surface area contributed by atoms with Gasteiger partial charge < -0.3 is 5.73 Å². The highest BCUT2D eigenvalue weighted by molar-refractivity contribution is 5.04. The molecule has 2 N–H and O–H groups in total. The lowest BCUT2D eigenvalue weighted by atomic mass is 9.95. The van der Waals surface area contributed by atoms with Gasteiger partial charge in [0.2, 0.25) is 0 Å². The van der Waals surface area contributed by atoms with Crippen molar-refractivity contribution in [1.82, 2.24) is 9.80 Å². The molecule has 3 nitrogen and oxygen atoms in total. The molecule has 0 bridgehead atoms. The van der Waals surface area contributed by atoms with Gasteiger partial charge in [-0.25, -0.2) is 0 Å². The zero-order chi connectivity index (χ0) is 13.3. The molecular formula is C16H31N3. The second-order valence-corrected chi connectivity index (χ2v) is 7.07. The van der Waals surface area contributed by atoms with Crippen LogP contribution in [0.5, 0.6) is 0 Å². The first-order chi connectivity index (χ1) is 9.27. The average molecular weight is 265 g/mol. The van der Waals surface area contributed by atoms with E-state index >= 15 is 0 Å². The molecule has 3 fully saturated rings. The SMILES string of the molecule is CCC1CCCN(C2(CN)CCN(C3CC3)C2)CC1. The van der Waals surface area contributed by atoms with E-state index in [1.807, 2.05) is 0 Å². The number of rotatable bonds is 4. The van der Waals surface area contributed by atoms with E-state index in [0.29, 0.717) is 5.54 Å². The van der Waals surface area contributed by atoms with Gasteiger partial charge in [-0.2, -0.15) is 0 Å². The Bertz CT molecular complexity index is 302. The van der Waals surface area contributed by atoms with Gasteiger partial charge in [0.15, 0.2) is 0 Å². The summed E-state index contributed by atoms with van der Waals surface area (Å²) in [5, 5.41) is 0. The van der Waals surface area contributed by atoms with E-state index in [4.69, 9.17) is 5.73 Å². The molecule has 0 radical (unpaired) electrons. The first-order valence-corrected chi connectivity index (χ1v) is 8.46. The van der Waals surface area contributed by atoms with Gasteiger partial charge in [0, 0.05) is 31.2 Å². The summed E-state index contributed by atoms with van der Waals surface area (Å²) in [6.07, 6.45) is 9.72. The van der Waals surface area contributed by atoms with Crippen LogP contribution in [-0.2, 0) is 0 Å². The second kappa shape index (κ2) is 5.71. The zero-order valence-electron chi connectivity index (χ0n) is 12.6. The standard InChI is InChI=1S/C16H31N3/c1-2-14-4-3-9-19(10-7-14)16(12-17)8-11-18(13-16)15-5-6-15/h14-15H,2-13,17H2,1H3. The van der Waals surface area contributed by atoms with Crippen molar-refractivity contribution in [2.45, 2.75) is 63.5 Å². The number of hydrogen-bond acceptors (Lipinski definition) is 3. The van der Waals surface area contributed by atoms with Gasteiger partial charge in [-0.05, 0) is 57.5 Å². The molecule has 1 saturated carbocycles. The minimum absolute atomic E-state index is 0.311. The van der Waals surface area contributed by atoms with Gasteiger partial charge in [0.25, 0.3) is 0 Å². The Morgan fingerprint density at radius 3 is 2.63 bits per heavy atom. The Morgan fingerprint density at radius 1 is 1.11 bits per heavy atom. The van der Waals surface area contributed by atoms with Crippen molar-refractivity contribution in [3.63, 3.8) is 0 Å². The van der Waals surface area contributed by atoms with Gasteiger partial charge >= 0.3 is 0 Å². The number of hydrogen-bond donors (Lipinski definition) is 1.